The average molecular weight is 364 g/mol. The maximum absolute atomic E-state index is 12.7. The van der Waals surface area contributed by atoms with Crippen molar-refractivity contribution in [2.45, 2.75) is 39.0 Å². The van der Waals surface area contributed by atoms with Crippen molar-refractivity contribution in [3.8, 4) is 0 Å². The van der Waals surface area contributed by atoms with Gasteiger partial charge in [0.1, 0.15) is 5.69 Å². The molecule has 0 aliphatic carbocycles. The highest BCUT2D eigenvalue weighted by molar-refractivity contribution is 5.95. The monoisotopic (exact) mass is 364 g/mol. The zero-order chi connectivity index (χ0) is 19.6. The molecule has 8 nitrogen and oxygen atoms in total. The minimum absolute atomic E-state index is 0.0351. The molecule has 0 aromatic carbocycles. The molecule has 0 unspecified atom stereocenters. The van der Waals surface area contributed by atoms with E-state index in [9.17, 15) is 14.4 Å². The number of hydrogen-bond acceptors (Lipinski definition) is 4. The van der Waals surface area contributed by atoms with Crippen LogP contribution in [0.5, 0.6) is 0 Å². The first kappa shape index (κ1) is 19.9. The summed E-state index contributed by atoms with van der Waals surface area (Å²) in [7, 11) is 3.31. The number of likely N-dealkylation sites (N-methyl/N-ethyl adjacent to an activating group) is 1. The molecule has 0 atom stereocenters. The Morgan fingerprint density at radius 1 is 1.27 bits per heavy atom. The quantitative estimate of drug-likeness (QED) is 0.863. The molecule has 1 aromatic heterocycles. The molecule has 1 saturated heterocycles. The Balaban J connectivity index is 1.98. The molecule has 0 saturated carbocycles. The van der Waals surface area contributed by atoms with Crippen molar-refractivity contribution < 1.29 is 19.5 Å². The van der Waals surface area contributed by atoms with Crippen molar-refractivity contribution in [3.63, 3.8) is 0 Å². The average Bonchev–Trinajstić information content (AvgIpc) is 2.96. The zero-order valence-electron chi connectivity index (χ0n) is 16.2. The van der Waals surface area contributed by atoms with Gasteiger partial charge < -0.3 is 14.9 Å². The van der Waals surface area contributed by atoms with Gasteiger partial charge in [0.2, 0.25) is 5.91 Å². The van der Waals surface area contributed by atoms with Crippen LogP contribution in [0.4, 0.5) is 0 Å². The predicted octanol–water partition coefficient (Wildman–Crippen LogP) is 1.11. The number of carboxylic acids is 1. The van der Waals surface area contributed by atoms with Crippen molar-refractivity contribution in [2.24, 2.45) is 13.0 Å². The van der Waals surface area contributed by atoms with Crippen LogP contribution in [0.1, 0.15) is 49.8 Å². The van der Waals surface area contributed by atoms with E-state index in [0.29, 0.717) is 31.6 Å². The third-order valence-corrected chi connectivity index (χ3v) is 4.78. The first-order valence-corrected chi connectivity index (χ1v) is 8.81. The van der Waals surface area contributed by atoms with E-state index in [2.05, 4.69) is 5.10 Å². The number of aromatic nitrogens is 2. The number of carbonyl (C=O) groups excluding carboxylic acids is 2. The second-order valence-electron chi connectivity index (χ2n) is 7.94. The summed E-state index contributed by atoms with van der Waals surface area (Å²) in [6.07, 6.45) is 0.908. The molecule has 0 radical (unpaired) electrons. The summed E-state index contributed by atoms with van der Waals surface area (Å²) in [6.45, 7) is 6.87. The number of piperidine rings is 1. The summed E-state index contributed by atoms with van der Waals surface area (Å²) in [4.78, 5) is 39.1. The van der Waals surface area contributed by atoms with Gasteiger partial charge in [0.25, 0.3) is 5.91 Å². The number of nitrogens with zero attached hydrogens (tertiary/aromatic N) is 4. The van der Waals surface area contributed by atoms with E-state index in [4.69, 9.17) is 5.11 Å². The van der Waals surface area contributed by atoms with Gasteiger partial charge in [-0.2, -0.15) is 5.10 Å². The molecule has 2 heterocycles. The summed E-state index contributed by atoms with van der Waals surface area (Å²) >= 11 is 0. The smallest absolute Gasteiger partial charge is 0.306 e. The van der Waals surface area contributed by atoms with Crippen molar-refractivity contribution in [2.75, 3.05) is 26.7 Å². The molecular weight excluding hydrogens is 336 g/mol. The lowest BCUT2D eigenvalue weighted by Crippen LogP contribution is -2.45. The Hall–Kier alpha value is -2.38. The van der Waals surface area contributed by atoms with Crippen LogP contribution in [-0.2, 0) is 22.1 Å². The van der Waals surface area contributed by atoms with Gasteiger partial charge in [-0.05, 0) is 18.9 Å². The minimum Gasteiger partial charge on any atom is -0.481 e. The van der Waals surface area contributed by atoms with Gasteiger partial charge >= 0.3 is 5.97 Å². The van der Waals surface area contributed by atoms with Crippen LogP contribution >= 0.6 is 0 Å². The van der Waals surface area contributed by atoms with Gasteiger partial charge in [0, 0.05) is 32.6 Å². The molecule has 2 amide bonds. The van der Waals surface area contributed by atoms with Crippen molar-refractivity contribution in [3.05, 3.63) is 17.5 Å². The SMILES string of the molecule is CN(CC(=O)N1CCC(C(=O)O)CC1)C(=O)c1cc(C(C)(C)C)nn1C. The Morgan fingerprint density at radius 3 is 2.31 bits per heavy atom. The zero-order valence-corrected chi connectivity index (χ0v) is 16.2. The number of carbonyl (C=O) groups is 3. The molecule has 26 heavy (non-hydrogen) atoms. The lowest BCUT2D eigenvalue weighted by atomic mass is 9.92. The number of aryl methyl sites for hydroxylation is 1. The number of aliphatic carboxylic acids is 1. The Kier molecular flexibility index (Phi) is 5.73. The Labute approximate surface area is 153 Å². The molecule has 1 aromatic rings. The first-order chi connectivity index (χ1) is 12.0. The highest BCUT2D eigenvalue weighted by Crippen LogP contribution is 2.22. The lowest BCUT2D eigenvalue weighted by molar-refractivity contribution is -0.145. The summed E-state index contributed by atoms with van der Waals surface area (Å²) < 4.78 is 1.54. The van der Waals surface area contributed by atoms with Gasteiger partial charge in [-0.15, -0.1) is 0 Å². The van der Waals surface area contributed by atoms with Crippen molar-refractivity contribution >= 4 is 17.8 Å². The highest BCUT2D eigenvalue weighted by Gasteiger charge is 2.29. The second-order valence-corrected chi connectivity index (χ2v) is 7.94. The summed E-state index contributed by atoms with van der Waals surface area (Å²) in [5, 5.41) is 13.4. The fourth-order valence-corrected chi connectivity index (χ4v) is 2.98. The molecule has 1 N–H and O–H groups in total. The van der Waals surface area contributed by atoms with Crippen molar-refractivity contribution in [1.29, 1.82) is 0 Å². The minimum atomic E-state index is -0.810. The number of likely N-dealkylation sites (tertiary alicyclic amines) is 1. The first-order valence-electron chi connectivity index (χ1n) is 8.81. The van der Waals surface area contributed by atoms with Crippen LogP contribution < -0.4 is 0 Å². The predicted molar refractivity (Wildman–Crippen MR) is 95.8 cm³/mol. The van der Waals surface area contributed by atoms with E-state index in [1.54, 1.807) is 29.7 Å². The fourth-order valence-electron chi connectivity index (χ4n) is 2.98. The lowest BCUT2D eigenvalue weighted by Gasteiger charge is -2.31. The second kappa shape index (κ2) is 7.47. The fraction of sp³-hybridized carbons (Fsp3) is 0.667. The summed E-state index contributed by atoms with van der Waals surface area (Å²) in [6, 6.07) is 1.77. The van der Waals surface area contributed by atoms with E-state index < -0.39 is 5.97 Å². The van der Waals surface area contributed by atoms with Gasteiger partial charge in [-0.1, -0.05) is 20.8 Å². The van der Waals surface area contributed by atoms with Crippen LogP contribution in [0.15, 0.2) is 6.07 Å². The van der Waals surface area contributed by atoms with Crippen molar-refractivity contribution in [1.82, 2.24) is 19.6 Å². The van der Waals surface area contributed by atoms with Crippen LogP contribution in [0.2, 0.25) is 0 Å². The number of hydrogen-bond donors (Lipinski definition) is 1. The van der Waals surface area contributed by atoms with E-state index in [0.717, 1.165) is 5.69 Å². The van der Waals surface area contributed by atoms with E-state index in [1.165, 1.54) is 4.90 Å². The van der Waals surface area contributed by atoms with Crippen LogP contribution in [0, 0.1) is 5.92 Å². The molecular formula is C18H28N4O4. The molecule has 8 heteroatoms. The molecule has 1 aliphatic heterocycles. The summed E-state index contributed by atoms with van der Waals surface area (Å²) in [5.41, 5.74) is 1.09. The highest BCUT2D eigenvalue weighted by atomic mass is 16.4. The van der Waals surface area contributed by atoms with E-state index in [-0.39, 0.29) is 29.7 Å². The third kappa shape index (κ3) is 4.42. The summed E-state index contributed by atoms with van der Waals surface area (Å²) in [5.74, 6) is -1.62. The molecule has 2 rings (SSSR count). The van der Waals surface area contributed by atoms with Crippen LogP contribution in [-0.4, -0.2) is 69.2 Å². The largest absolute Gasteiger partial charge is 0.481 e. The Morgan fingerprint density at radius 2 is 1.85 bits per heavy atom. The standard InChI is InChI=1S/C18H28N4O4/c1-18(2,3)14-10-13(21(5)19-14)16(24)20(4)11-15(23)22-8-6-12(7-9-22)17(25)26/h10,12H,6-9,11H2,1-5H3,(H,25,26). The van der Waals surface area contributed by atoms with Crippen LogP contribution in [0.3, 0.4) is 0 Å². The molecule has 144 valence electrons. The van der Waals surface area contributed by atoms with Gasteiger partial charge in [0.05, 0.1) is 18.2 Å². The number of rotatable bonds is 4. The Bertz CT molecular complexity index is 697. The normalized spacial score (nSPS) is 15.8. The third-order valence-electron chi connectivity index (χ3n) is 4.78. The molecule has 0 bridgehead atoms. The maximum Gasteiger partial charge on any atom is 0.306 e. The van der Waals surface area contributed by atoms with Gasteiger partial charge in [0.15, 0.2) is 0 Å². The van der Waals surface area contributed by atoms with Gasteiger partial charge in [-0.25, -0.2) is 0 Å². The number of amides is 2. The number of carboxylic acid groups (broad SMARTS) is 1. The topological polar surface area (TPSA) is 95.7 Å². The molecule has 1 fully saturated rings. The van der Waals surface area contributed by atoms with E-state index in [1.807, 2.05) is 20.8 Å². The van der Waals surface area contributed by atoms with Gasteiger partial charge in [-0.3, -0.25) is 19.1 Å². The molecule has 1 aliphatic rings. The van der Waals surface area contributed by atoms with E-state index >= 15 is 0 Å². The maximum atomic E-state index is 12.7. The van der Waals surface area contributed by atoms with Crippen LogP contribution in [0.25, 0.3) is 0 Å². The molecule has 0 spiro atoms.